The molecule has 0 saturated carbocycles. The van der Waals surface area contributed by atoms with E-state index in [0.717, 1.165) is 27.1 Å². The van der Waals surface area contributed by atoms with Crippen molar-refractivity contribution in [3.05, 3.63) is 82.0 Å². The molecule has 8 nitrogen and oxygen atoms in total. The fourth-order valence-corrected chi connectivity index (χ4v) is 6.29. The van der Waals surface area contributed by atoms with Crippen molar-refractivity contribution >= 4 is 48.9 Å². The van der Waals surface area contributed by atoms with Crippen LogP contribution in [0, 0.1) is 6.92 Å². The lowest BCUT2D eigenvalue weighted by Gasteiger charge is -2.35. The van der Waals surface area contributed by atoms with Gasteiger partial charge in [-0.2, -0.15) is 0 Å². The number of benzene rings is 3. The molecule has 1 N–H and O–H groups in total. The van der Waals surface area contributed by atoms with E-state index in [1.54, 1.807) is 66.2 Å². The minimum atomic E-state index is -3.92. The second-order valence-electron chi connectivity index (χ2n) is 8.03. The van der Waals surface area contributed by atoms with Crippen molar-refractivity contribution in [2.75, 3.05) is 16.2 Å². The smallest absolute Gasteiger partial charge is 0.307 e. The summed E-state index contributed by atoms with van der Waals surface area (Å²) in [5.74, 6) is -0.171. The van der Waals surface area contributed by atoms with Crippen molar-refractivity contribution in [2.45, 2.75) is 17.9 Å². The lowest BCUT2D eigenvalue weighted by molar-refractivity contribution is -0.122. The topological polar surface area (TPSA) is 97.7 Å². The zero-order valence-electron chi connectivity index (χ0n) is 18.4. The highest BCUT2D eigenvalue weighted by molar-refractivity contribution is 7.92. The average Bonchev–Trinajstić information content (AvgIpc) is 3.11. The lowest BCUT2D eigenvalue weighted by Crippen LogP contribution is -2.48. The SMILES string of the molecule is Cc1ccc2c(c1)N(S(=O)(=O)c1ccccc1)C[C@H](C(=O)Nc1ccc3c(c1)sc(=O)n3C)O2. The van der Waals surface area contributed by atoms with Crippen LogP contribution in [0.15, 0.2) is 76.4 Å². The molecule has 0 spiro atoms. The molecule has 2 heterocycles. The zero-order chi connectivity index (χ0) is 24.0. The maximum absolute atomic E-state index is 13.5. The number of ether oxygens (including phenoxy) is 1. The number of aryl methyl sites for hydroxylation is 2. The number of sulfonamides is 1. The molecule has 10 heteroatoms. The lowest BCUT2D eigenvalue weighted by atomic mass is 10.1. The van der Waals surface area contributed by atoms with Gasteiger partial charge in [-0.1, -0.05) is 35.6 Å². The number of thiazole rings is 1. The molecule has 0 bridgehead atoms. The molecule has 3 aromatic carbocycles. The Balaban J connectivity index is 1.47. The molecule has 0 aliphatic carbocycles. The largest absolute Gasteiger partial charge is 0.476 e. The molecular weight excluding hydrogens is 474 g/mol. The number of nitrogens with one attached hydrogen (secondary N) is 1. The Morgan fingerprint density at radius 2 is 1.85 bits per heavy atom. The van der Waals surface area contributed by atoms with Gasteiger partial charge in [-0.3, -0.25) is 13.9 Å². The number of rotatable bonds is 4. The molecule has 1 aromatic heterocycles. The number of amides is 1. The average molecular weight is 496 g/mol. The first-order valence-corrected chi connectivity index (χ1v) is 12.8. The molecule has 34 heavy (non-hydrogen) atoms. The van der Waals surface area contributed by atoms with E-state index < -0.39 is 22.0 Å². The number of anilines is 2. The quantitative estimate of drug-likeness (QED) is 0.467. The third-order valence-electron chi connectivity index (χ3n) is 5.67. The number of carbonyl (C=O) groups excluding carboxylic acids is 1. The van der Waals surface area contributed by atoms with Crippen LogP contribution in [0.4, 0.5) is 11.4 Å². The van der Waals surface area contributed by atoms with Crippen LogP contribution in [0.25, 0.3) is 10.2 Å². The van der Waals surface area contributed by atoms with Crippen LogP contribution in [0.2, 0.25) is 0 Å². The van der Waals surface area contributed by atoms with Gasteiger partial charge in [0.1, 0.15) is 5.75 Å². The van der Waals surface area contributed by atoms with Crippen LogP contribution in [-0.2, 0) is 21.9 Å². The summed E-state index contributed by atoms with van der Waals surface area (Å²) >= 11 is 1.09. The van der Waals surface area contributed by atoms with Crippen LogP contribution >= 0.6 is 11.3 Å². The second kappa shape index (κ2) is 8.30. The summed E-state index contributed by atoms with van der Waals surface area (Å²) in [5, 5.41) is 2.80. The van der Waals surface area contributed by atoms with Crippen molar-refractivity contribution in [1.29, 1.82) is 0 Å². The molecule has 1 amide bonds. The molecule has 0 radical (unpaired) electrons. The number of nitrogens with zero attached hydrogens (tertiary/aromatic N) is 2. The third kappa shape index (κ3) is 3.84. The predicted octanol–water partition coefficient (Wildman–Crippen LogP) is 3.50. The number of carbonyl (C=O) groups is 1. The van der Waals surface area contributed by atoms with Crippen LogP contribution in [-0.4, -0.2) is 31.5 Å². The minimum absolute atomic E-state index is 0.0947. The van der Waals surface area contributed by atoms with Gasteiger partial charge in [0, 0.05) is 12.7 Å². The first-order valence-electron chi connectivity index (χ1n) is 10.5. The Hall–Kier alpha value is -3.63. The normalized spacial score (nSPS) is 15.6. The number of aromatic nitrogens is 1. The van der Waals surface area contributed by atoms with E-state index in [9.17, 15) is 18.0 Å². The number of hydrogen-bond acceptors (Lipinski definition) is 6. The standard InChI is InChI=1S/C24H21N3O5S2/c1-15-8-11-20-19(12-15)27(34(30,31)17-6-4-3-5-7-17)14-21(32-20)23(28)25-16-9-10-18-22(13-16)33-24(29)26(18)2/h3-13,21H,14H2,1-2H3,(H,25,28)/t21-/m1/s1. The molecule has 0 saturated heterocycles. The van der Waals surface area contributed by atoms with Crippen LogP contribution in [0.1, 0.15) is 5.56 Å². The fourth-order valence-electron chi connectivity index (χ4n) is 3.88. The Bertz CT molecular complexity index is 1580. The summed E-state index contributed by atoms with van der Waals surface area (Å²) in [6, 6.07) is 18.5. The summed E-state index contributed by atoms with van der Waals surface area (Å²) in [7, 11) is -2.23. The van der Waals surface area contributed by atoms with E-state index in [2.05, 4.69) is 5.32 Å². The highest BCUT2D eigenvalue weighted by Gasteiger charge is 2.37. The van der Waals surface area contributed by atoms with Gasteiger partial charge in [0.15, 0.2) is 6.10 Å². The summed E-state index contributed by atoms with van der Waals surface area (Å²) in [6.45, 7) is 1.68. The van der Waals surface area contributed by atoms with Crippen LogP contribution < -0.4 is 19.2 Å². The molecule has 5 rings (SSSR count). The zero-order valence-corrected chi connectivity index (χ0v) is 20.0. The molecule has 1 aliphatic rings. The Morgan fingerprint density at radius 3 is 2.62 bits per heavy atom. The molecule has 174 valence electrons. The van der Waals surface area contributed by atoms with Gasteiger partial charge in [0.25, 0.3) is 15.9 Å². The van der Waals surface area contributed by atoms with Crippen molar-refractivity contribution in [1.82, 2.24) is 4.57 Å². The van der Waals surface area contributed by atoms with Crippen molar-refractivity contribution in [3.63, 3.8) is 0 Å². The molecule has 1 atom stereocenters. The minimum Gasteiger partial charge on any atom is -0.476 e. The van der Waals surface area contributed by atoms with Gasteiger partial charge in [0.2, 0.25) is 0 Å². The summed E-state index contributed by atoms with van der Waals surface area (Å²) in [4.78, 5) is 25.1. The molecular formula is C24H21N3O5S2. The van der Waals surface area contributed by atoms with E-state index in [-0.39, 0.29) is 16.3 Å². The van der Waals surface area contributed by atoms with E-state index >= 15 is 0 Å². The van der Waals surface area contributed by atoms with Gasteiger partial charge in [-0.25, -0.2) is 8.42 Å². The highest BCUT2D eigenvalue weighted by atomic mass is 32.2. The molecule has 4 aromatic rings. The van der Waals surface area contributed by atoms with Crippen LogP contribution in [0.5, 0.6) is 5.75 Å². The Morgan fingerprint density at radius 1 is 1.09 bits per heavy atom. The fraction of sp³-hybridized carbons (Fsp3) is 0.167. The highest BCUT2D eigenvalue weighted by Crippen LogP contribution is 2.38. The summed E-state index contributed by atoms with van der Waals surface area (Å²) in [6.07, 6.45) is -1.07. The Labute approximate surface area is 200 Å². The predicted molar refractivity (Wildman–Crippen MR) is 132 cm³/mol. The van der Waals surface area contributed by atoms with Gasteiger partial charge >= 0.3 is 4.87 Å². The first kappa shape index (κ1) is 22.2. The van der Waals surface area contributed by atoms with Crippen molar-refractivity contribution < 1.29 is 17.9 Å². The van der Waals surface area contributed by atoms with Gasteiger partial charge < -0.3 is 14.6 Å². The first-order chi connectivity index (χ1) is 16.2. The number of fused-ring (bicyclic) bond motifs is 2. The molecule has 0 fully saturated rings. The second-order valence-corrected chi connectivity index (χ2v) is 10.9. The van der Waals surface area contributed by atoms with Crippen molar-refractivity contribution in [2.24, 2.45) is 7.05 Å². The summed E-state index contributed by atoms with van der Waals surface area (Å²) < 4.78 is 36.4. The third-order valence-corrected chi connectivity index (χ3v) is 8.46. The monoisotopic (exact) mass is 495 g/mol. The number of hydrogen-bond donors (Lipinski definition) is 1. The van der Waals surface area contributed by atoms with E-state index in [1.165, 1.54) is 16.4 Å². The Kier molecular flexibility index (Phi) is 5.41. The van der Waals surface area contributed by atoms with E-state index in [0.29, 0.717) is 17.1 Å². The van der Waals surface area contributed by atoms with Gasteiger partial charge in [-0.15, -0.1) is 0 Å². The van der Waals surface area contributed by atoms with Gasteiger partial charge in [-0.05, 0) is 55.0 Å². The maximum atomic E-state index is 13.5. The van der Waals surface area contributed by atoms with E-state index in [1.807, 2.05) is 6.92 Å². The van der Waals surface area contributed by atoms with Crippen molar-refractivity contribution in [3.8, 4) is 5.75 Å². The van der Waals surface area contributed by atoms with Gasteiger partial charge in [0.05, 0.1) is 27.3 Å². The molecule has 0 unspecified atom stereocenters. The molecule has 1 aliphatic heterocycles. The van der Waals surface area contributed by atoms with Crippen LogP contribution in [0.3, 0.4) is 0 Å². The summed E-state index contributed by atoms with van der Waals surface area (Å²) in [5.41, 5.74) is 2.53. The maximum Gasteiger partial charge on any atom is 0.307 e. The van der Waals surface area contributed by atoms with E-state index in [4.69, 9.17) is 4.74 Å².